The molecular weight excluding hydrogens is 947 g/mol. The molecule has 0 aliphatic carbocycles. The highest BCUT2D eigenvalue weighted by atomic mass is 19.4. The van der Waals surface area contributed by atoms with Crippen LogP contribution in [0.3, 0.4) is 0 Å². The number of aryl methyl sites for hydroxylation is 2. The molecule has 4 aromatic carbocycles. The maximum Gasteiger partial charge on any atom is 0.416 e. The van der Waals surface area contributed by atoms with Crippen LogP contribution in [-0.2, 0) is 52.0 Å². The van der Waals surface area contributed by atoms with E-state index < -0.39 is 63.8 Å². The zero-order valence-electron chi connectivity index (χ0n) is 41.9. The van der Waals surface area contributed by atoms with E-state index in [4.69, 9.17) is 24.7 Å². The van der Waals surface area contributed by atoms with Gasteiger partial charge in [-0.3, -0.25) is 25.0 Å². The van der Waals surface area contributed by atoms with E-state index in [-0.39, 0.29) is 62.9 Å². The molecule has 0 spiro atoms. The average molecular weight is 1020 g/mol. The zero-order chi connectivity index (χ0) is 53.0. The molecule has 2 saturated heterocycles. The number of ether oxygens (including phenoxy) is 4. The summed E-state index contributed by atoms with van der Waals surface area (Å²) < 4.78 is 102. The van der Waals surface area contributed by atoms with Crippen molar-refractivity contribution in [2.45, 2.75) is 140 Å². The van der Waals surface area contributed by atoms with E-state index in [9.17, 15) is 46.0 Å². The second kappa shape index (κ2) is 24.5. The molecule has 6 rings (SSSR count). The van der Waals surface area contributed by atoms with Crippen LogP contribution in [0.25, 0.3) is 0 Å². The van der Waals surface area contributed by atoms with Crippen LogP contribution in [0.4, 0.5) is 26.3 Å². The molecular formula is C54H68F6N4O8. The van der Waals surface area contributed by atoms with Gasteiger partial charge in [-0.05, 0) is 114 Å². The van der Waals surface area contributed by atoms with Crippen molar-refractivity contribution in [3.8, 4) is 0 Å². The van der Waals surface area contributed by atoms with E-state index in [2.05, 4.69) is 10.6 Å². The highest BCUT2D eigenvalue weighted by Gasteiger charge is 2.51. The van der Waals surface area contributed by atoms with E-state index in [1.165, 1.54) is 0 Å². The molecule has 2 aliphatic rings. The van der Waals surface area contributed by atoms with Crippen LogP contribution >= 0.6 is 0 Å². The first-order chi connectivity index (χ1) is 33.9. The smallest absolute Gasteiger partial charge is 0.416 e. The molecule has 72 heavy (non-hydrogen) atoms. The van der Waals surface area contributed by atoms with E-state index in [1.807, 2.05) is 60.7 Å². The Morgan fingerprint density at radius 2 is 1.07 bits per heavy atom. The zero-order valence-corrected chi connectivity index (χ0v) is 41.9. The van der Waals surface area contributed by atoms with Gasteiger partial charge in [-0.2, -0.15) is 26.3 Å². The van der Waals surface area contributed by atoms with Crippen molar-refractivity contribution in [1.29, 1.82) is 0 Å². The predicted octanol–water partition coefficient (Wildman–Crippen LogP) is 11.1. The maximum atomic E-state index is 13.3. The highest BCUT2D eigenvalue weighted by Crippen LogP contribution is 2.41. The Hall–Kier alpha value is -5.40. The summed E-state index contributed by atoms with van der Waals surface area (Å²) in [7, 11) is 0. The monoisotopic (exact) mass is 1010 g/mol. The number of halogens is 6. The minimum Gasteiger partial charge on any atom is -0.466 e. The fraction of sp³-hybridized carbons (Fsp3) is 0.519. The number of alkyl halides is 6. The summed E-state index contributed by atoms with van der Waals surface area (Å²) in [5.41, 5.74) is 5.77. The van der Waals surface area contributed by atoms with Crippen LogP contribution in [0.1, 0.15) is 136 Å². The number of hydrogen-bond donors (Lipinski definition) is 3. The van der Waals surface area contributed by atoms with Crippen molar-refractivity contribution in [2.75, 3.05) is 39.5 Å². The molecule has 0 saturated carbocycles. The molecule has 18 heteroatoms. The van der Waals surface area contributed by atoms with Gasteiger partial charge >= 0.3 is 24.3 Å². The van der Waals surface area contributed by atoms with Gasteiger partial charge in [-0.1, -0.05) is 83.9 Å². The van der Waals surface area contributed by atoms with Crippen molar-refractivity contribution in [1.82, 2.24) is 10.6 Å². The summed E-state index contributed by atoms with van der Waals surface area (Å²) in [6.45, 7) is 11.6. The fourth-order valence-corrected chi connectivity index (χ4v) is 9.34. The van der Waals surface area contributed by atoms with E-state index in [1.54, 1.807) is 53.7 Å². The van der Waals surface area contributed by atoms with Gasteiger partial charge in [0.25, 0.3) is 0 Å². The number of nitro groups is 1. The Morgan fingerprint density at radius 1 is 0.653 bits per heavy atom. The average Bonchev–Trinajstić information content (AvgIpc) is 3.34. The van der Waals surface area contributed by atoms with Gasteiger partial charge in [0.05, 0.1) is 73.8 Å². The second-order valence-corrected chi connectivity index (χ2v) is 19.2. The third-order valence-corrected chi connectivity index (χ3v) is 13.8. The third-order valence-electron chi connectivity index (χ3n) is 13.8. The van der Waals surface area contributed by atoms with Crippen LogP contribution in [0.2, 0.25) is 0 Å². The molecule has 2 heterocycles. The Kier molecular flexibility index (Phi) is 19.6. The summed E-state index contributed by atoms with van der Waals surface area (Å²) in [6, 6.07) is 27.1. The van der Waals surface area contributed by atoms with Crippen LogP contribution in [-0.4, -0.2) is 67.5 Å². The number of carbonyl (C=O) groups is 2. The lowest BCUT2D eigenvalue weighted by Gasteiger charge is -2.46. The SMILES string of the molecule is CCOC(=O)CC[C@@]1(N)CC[C@@](CO[C@H](C)c2cc(C)cc(C(F)(F)F)c2)(c2ccccc2)NC1.CCOC(=O)CC[C@@]1([N+](=O)[O-])CC[C@@](CO[C@H](C)c2cc(C)cc(C(F)(F)F)c2)(c2ccccc2)NC1. The second-order valence-electron chi connectivity index (χ2n) is 19.2. The number of esters is 2. The Morgan fingerprint density at radius 3 is 1.43 bits per heavy atom. The molecule has 0 radical (unpaired) electrons. The number of nitrogens with zero attached hydrogens (tertiary/aromatic N) is 1. The van der Waals surface area contributed by atoms with E-state index in [0.717, 1.165) is 35.4 Å². The molecule has 6 atom stereocenters. The Labute approximate surface area is 417 Å². The van der Waals surface area contributed by atoms with Crippen molar-refractivity contribution in [3.63, 3.8) is 0 Å². The minimum absolute atomic E-state index is 0.00864. The molecule has 4 aromatic rings. The normalized spacial score (nSPS) is 23.2. The number of nitrogens with two attached hydrogens (primary N) is 1. The number of nitrogens with one attached hydrogen (secondary N) is 2. The van der Waals surface area contributed by atoms with E-state index in [0.29, 0.717) is 61.1 Å². The number of rotatable bonds is 19. The highest BCUT2D eigenvalue weighted by molar-refractivity contribution is 5.69. The van der Waals surface area contributed by atoms with Crippen molar-refractivity contribution >= 4 is 11.9 Å². The Balaban J connectivity index is 0.000000268. The summed E-state index contributed by atoms with van der Waals surface area (Å²) in [4.78, 5) is 35.4. The van der Waals surface area contributed by atoms with Crippen LogP contribution in [0.15, 0.2) is 97.1 Å². The van der Waals surface area contributed by atoms with Gasteiger partial charge in [-0.15, -0.1) is 0 Å². The molecule has 0 bridgehead atoms. The van der Waals surface area contributed by atoms with Crippen molar-refractivity contribution in [2.24, 2.45) is 5.73 Å². The third kappa shape index (κ3) is 15.3. The standard InChI is InChI=1S/C27H33F3N2O5.C27H35F3N2O3/c1-4-36-24(33)10-11-25(32(34)35)12-13-26(31-17-25,22-8-6-5-7-9-22)18-37-20(3)21-14-19(2)15-23(16-21)27(28,29)30;1-4-34-24(33)10-11-25(31)12-13-26(32-17-25,22-8-6-5-7-9-22)18-35-20(3)21-14-19(2)15-23(16-21)27(28,29)30/h5-9,14-16,20,31H,4,10-13,17-18H2,1-3H3;5-9,14-16,20,32H,4,10-13,17-18,31H2,1-3H3/t2*20-,25-,26-/m11/s1. The topological polar surface area (TPSA) is 164 Å². The molecule has 2 fully saturated rings. The van der Waals surface area contributed by atoms with E-state index >= 15 is 0 Å². The lowest BCUT2D eigenvalue weighted by Crippen LogP contribution is -2.61. The fourth-order valence-electron chi connectivity index (χ4n) is 9.34. The quantitative estimate of drug-likeness (QED) is 0.0354. The van der Waals surface area contributed by atoms with Crippen LogP contribution in [0.5, 0.6) is 0 Å². The van der Waals surface area contributed by atoms with Crippen molar-refractivity contribution < 1.29 is 59.8 Å². The summed E-state index contributed by atoms with van der Waals surface area (Å²) >= 11 is 0. The molecule has 0 unspecified atom stereocenters. The van der Waals surface area contributed by atoms with Crippen LogP contribution in [0, 0.1) is 24.0 Å². The molecule has 0 aromatic heterocycles. The molecule has 394 valence electrons. The lowest BCUT2D eigenvalue weighted by molar-refractivity contribution is -0.573. The summed E-state index contributed by atoms with van der Waals surface area (Å²) in [5, 5.41) is 19.0. The molecule has 0 amide bonds. The largest absolute Gasteiger partial charge is 0.466 e. The first-order valence-electron chi connectivity index (χ1n) is 24.3. The van der Waals surface area contributed by atoms with Gasteiger partial charge in [0, 0.05) is 36.3 Å². The first kappa shape index (κ1) is 57.5. The van der Waals surface area contributed by atoms with Gasteiger partial charge in [0.15, 0.2) is 0 Å². The minimum atomic E-state index is -4.47. The number of piperidine rings is 2. The first-order valence-corrected chi connectivity index (χ1v) is 24.3. The van der Waals surface area contributed by atoms with Gasteiger partial charge in [-0.25, -0.2) is 0 Å². The number of benzene rings is 4. The molecule has 12 nitrogen and oxygen atoms in total. The predicted molar refractivity (Wildman–Crippen MR) is 260 cm³/mol. The molecule has 2 aliphatic heterocycles. The van der Waals surface area contributed by atoms with Crippen LogP contribution < -0.4 is 16.4 Å². The lowest BCUT2D eigenvalue weighted by atomic mass is 9.75. The maximum absolute atomic E-state index is 13.3. The van der Waals surface area contributed by atoms with Gasteiger partial charge in [0.1, 0.15) is 0 Å². The summed E-state index contributed by atoms with van der Waals surface area (Å²) in [5.74, 6) is -0.733. The molecule has 4 N–H and O–H groups in total. The van der Waals surface area contributed by atoms with Gasteiger partial charge < -0.3 is 30.0 Å². The number of hydrogen-bond acceptors (Lipinski definition) is 11. The number of carbonyl (C=O) groups excluding carboxylic acids is 2. The van der Waals surface area contributed by atoms with Crippen molar-refractivity contribution in [3.05, 3.63) is 152 Å². The summed E-state index contributed by atoms with van der Waals surface area (Å²) in [6.07, 6.45) is -7.46. The Bertz CT molecular complexity index is 2400. The van der Waals surface area contributed by atoms with Gasteiger partial charge in [0.2, 0.25) is 5.54 Å².